The first-order valence-corrected chi connectivity index (χ1v) is 8.86. The van der Waals surface area contributed by atoms with E-state index in [0.717, 1.165) is 6.07 Å². The molecular formula is C19H18Cl2F2N2O. The smallest absolute Gasteiger partial charge is 0.319 e. The van der Waals surface area contributed by atoms with Crippen LogP contribution in [0.5, 0.6) is 0 Å². The average molecular weight is 399 g/mol. The highest BCUT2D eigenvalue weighted by Crippen LogP contribution is 2.64. The highest BCUT2D eigenvalue weighted by atomic mass is 35.5. The van der Waals surface area contributed by atoms with Crippen molar-refractivity contribution < 1.29 is 13.6 Å². The van der Waals surface area contributed by atoms with E-state index in [1.165, 1.54) is 12.1 Å². The summed E-state index contributed by atoms with van der Waals surface area (Å²) in [5.74, 6) is -1.22. The Bertz CT molecular complexity index is 873. The predicted octanol–water partition coefficient (Wildman–Crippen LogP) is 5.76. The van der Waals surface area contributed by atoms with E-state index >= 15 is 0 Å². The molecule has 0 aromatic heterocycles. The van der Waals surface area contributed by atoms with Crippen LogP contribution in [0.25, 0.3) is 0 Å². The fourth-order valence-corrected chi connectivity index (χ4v) is 3.72. The zero-order valence-electron chi connectivity index (χ0n) is 14.3. The first kappa shape index (κ1) is 18.9. The molecule has 1 unspecified atom stereocenters. The van der Waals surface area contributed by atoms with Crippen LogP contribution in [-0.2, 0) is 5.41 Å². The highest BCUT2D eigenvalue weighted by Gasteiger charge is 2.62. The summed E-state index contributed by atoms with van der Waals surface area (Å²) >= 11 is 11.8. The number of hydrogen-bond donors (Lipinski definition) is 2. The second-order valence-electron chi connectivity index (χ2n) is 7.20. The Balaban J connectivity index is 1.72. The maximum Gasteiger partial charge on any atom is 0.319 e. The first-order chi connectivity index (χ1) is 12.1. The maximum atomic E-state index is 14.3. The lowest BCUT2D eigenvalue weighted by Crippen LogP contribution is -2.37. The van der Waals surface area contributed by atoms with Crippen molar-refractivity contribution in [3.05, 3.63) is 63.6 Å². The minimum absolute atomic E-state index is 0.206. The summed E-state index contributed by atoms with van der Waals surface area (Å²) in [7, 11) is 0. The summed E-state index contributed by atoms with van der Waals surface area (Å²) in [6.45, 7) is 4.22. The molecule has 2 amide bonds. The van der Waals surface area contributed by atoms with Gasteiger partial charge in [-0.2, -0.15) is 0 Å². The fraction of sp³-hybridized carbons (Fsp3) is 0.316. The quantitative estimate of drug-likeness (QED) is 0.674. The molecule has 3 nitrogen and oxygen atoms in total. The van der Waals surface area contributed by atoms with Crippen LogP contribution in [0, 0.1) is 17.0 Å². The lowest BCUT2D eigenvalue weighted by atomic mass is 9.87. The Morgan fingerprint density at radius 3 is 2.38 bits per heavy atom. The number of carbonyl (C=O) groups is 1. The summed E-state index contributed by atoms with van der Waals surface area (Å²) in [6, 6.07) is 7.89. The number of halogens is 4. The van der Waals surface area contributed by atoms with Crippen molar-refractivity contribution in [2.75, 3.05) is 11.9 Å². The third-order valence-electron chi connectivity index (χ3n) is 5.09. The molecule has 2 aromatic carbocycles. The zero-order valence-corrected chi connectivity index (χ0v) is 15.8. The topological polar surface area (TPSA) is 41.1 Å². The zero-order chi connectivity index (χ0) is 19.1. The summed E-state index contributed by atoms with van der Waals surface area (Å²) in [4.78, 5) is 12.2. The van der Waals surface area contributed by atoms with Crippen LogP contribution < -0.4 is 10.6 Å². The van der Waals surface area contributed by atoms with Gasteiger partial charge in [0, 0.05) is 23.7 Å². The van der Waals surface area contributed by atoms with Crippen molar-refractivity contribution in [2.45, 2.75) is 25.7 Å². The summed E-state index contributed by atoms with van der Waals surface area (Å²) in [6.07, 6.45) is 0.690. The summed E-state index contributed by atoms with van der Waals surface area (Å²) in [5, 5.41) is 6.17. The van der Waals surface area contributed by atoms with Gasteiger partial charge in [-0.1, -0.05) is 43.1 Å². The third kappa shape index (κ3) is 3.51. The molecule has 1 saturated carbocycles. The van der Waals surface area contributed by atoms with Crippen molar-refractivity contribution in [3.63, 3.8) is 0 Å². The van der Waals surface area contributed by atoms with Crippen molar-refractivity contribution in [1.82, 2.24) is 5.32 Å². The molecular weight excluding hydrogens is 381 g/mol. The van der Waals surface area contributed by atoms with Crippen molar-refractivity contribution >= 4 is 34.9 Å². The molecule has 0 heterocycles. The molecule has 1 aliphatic carbocycles. The molecule has 0 bridgehead atoms. The summed E-state index contributed by atoms with van der Waals surface area (Å²) in [5.41, 5.74) is 0.134. The van der Waals surface area contributed by atoms with Crippen LogP contribution in [0.4, 0.5) is 19.3 Å². The molecule has 3 rings (SSSR count). The van der Waals surface area contributed by atoms with Crippen LogP contribution in [0.3, 0.4) is 0 Å². The van der Waals surface area contributed by atoms with Gasteiger partial charge in [-0.15, -0.1) is 0 Å². The predicted molar refractivity (Wildman–Crippen MR) is 99.9 cm³/mol. The molecule has 0 spiro atoms. The fourth-order valence-electron chi connectivity index (χ4n) is 3.42. The monoisotopic (exact) mass is 398 g/mol. The standard InChI is InChI=1S/C19H18Cl2F2N2O/c1-18(2)9-19(18,13-5-3-11(22)7-16(13)23)10-24-17(26)25-12-4-6-14(20)15(21)8-12/h3-8H,9-10H2,1-2H3,(H2,24,25,26). The molecule has 1 atom stereocenters. The van der Waals surface area contributed by atoms with Gasteiger partial charge < -0.3 is 10.6 Å². The number of amides is 2. The molecule has 7 heteroatoms. The minimum atomic E-state index is -0.620. The molecule has 2 aromatic rings. The average Bonchev–Trinajstić information content (AvgIpc) is 3.11. The van der Waals surface area contributed by atoms with Crippen molar-refractivity contribution in [3.8, 4) is 0 Å². The largest absolute Gasteiger partial charge is 0.337 e. The minimum Gasteiger partial charge on any atom is -0.337 e. The SMILES string of the molecule is CC1(C)CC1(CNC(=O)Nc1ccc(Cl)c(Cl)c1)c1ccc(F)cc1F. The maximum absolute atomic E-state index is 14.3. The Morgan fingerprint density at radius 1 is 1.12 bits per heavy atom. The lowest BCUT2D eigenvalue weighted by Gasteiger charge is -2.22. The van der Waals surface area contributed by atoms with Gasteiger partial charge in [0.25, 0.3) is 0 Å². The van der Waals surface area contributed by atoms with Crippen molar-refractivity contribution in [2.24, 2.45) is 5.41 Å². The number of urea groups is 1. The van der Waals surface area contributed by atoms with Gasteiger partial charge in [0.15, 0.2) is 0 Å². The number of nitrogens with one attached hydrogen (secondary N) is 2. The second kappa shape index (κ2) is 6.71. The normalized spacial score (nSPS) is 20.5. The van der Waals surface area contributed by atoms with E-state index in [4.69, 9.17) is 23.2 Å². The van der Waals surface area contributed by atoms with E-state index in [2.05, 4.69) is 10.6 Å². The van der Waals surface area contributed by atoms with Gasteiger partial charge in [0.1, 0.15) is 11.6 Å². The Morgan fingerprint density at radius 2 is 1.81 bits per heavy atom. The van der Waals surface area contributed by atoms with E-state index in [1.807, 2.05) is 13.8 Å². The number of anilines is 1. The first-order valence-electron chi connectivity index (χ1n) is 8.10. The molecule has 0 aliphatic heterocycles. The van der Waals surface area contributed by atoms with Gasteiger partial charge in [-0.3, -0.25) is 0 Å². The van der Waals surface area contributed by atoms with Gasteiger partial charge >= 0.3 is 6.03 Å². The van der Waals surface area contributed by atoms with Crippen LogP contribution in [0.2, 0.25) is 10.0 Å². The van der Waals surface area contributed by atoms with E-state index in [1.54, 1.807) is 18.2 Å². The van der Waals surface area contributed by atoms with Crippen LogP contribution in [0.1, 0.15) is 25.8 Å². The van der Waals surface area contributed by atoms with Gasteiger partial charge in [0.05, 0.1) is 10.0 Å². The molecule has 138 valence electrons. The van der Waals surface area contributed by atoms with Gasteiger partial charge in [-0.25, -0.2) is 13.6 Å². The molecule has 1 fully saturated rings. The van der Waals surface area contributed by atoms with Crippen molar-refractivity contribution in [1.29, 1.82) is 0 Å². The molecule has 0 saturated heterocycles. The number of rotatable bonds is 4. The number of hydrogen-bond acceptors (Lipinski definition) is 1. The Labute approximate surface area is 160 Å². The highest BCUT2D eigenvalue weighted by molar-refractivity contribution is 6.42. The molecule has 26 heavy (non-hydrogen) atoms. The van der Waals surface area contributed by atoms with Crippen LogP contribution in [-0.4, -0.2) is 12.6 Å². The van der Waals surface area contributed by atoms with E-state index in [0.29, 0.717) is 27.7 Å². The van der Waals surface area contributed by atoms with E-state index < -0.39 is 23.1 Å². The van der Waals surface area contributed by atoms with E-state index in [9.17, 15) is 13.6 Å². The number of benzene rings is 2. The Hall–Kier alpha value is -1.85. The van der Waals surface area contributed by atoms with Gasteiger partial charge in [0.2, 0.25) is 0 Å². The third-order valence-corrected chi connectivity index (χ3v) is 5.83. The molecule has 0 radical (unpaired) electrons. The summed E-state index contributed by atoms with van der Waals surface area (Å²) < 4.78 is 27.5. The Kier molecular flexibility index (Phi) is 4.88. The lowest BCUT2D eigenvalue weighted by molar-refractivity contribution is 0.250. The molecule has 2 N–H and O–H groups in total. The van der Waals surface area contributed by atoms with Gasteiger partial charge in [-0.05, 0) is 41.7 Å². The second-order valence-corrected chi connectivity index (χ2v) is 8.02. The van der Waals surface area contributed by atoms with Crippen LogP contribution >= 0.6 is 23.2 Å². The molecule has 1 aliphatic rings. The van der Waals surface area contributed by atoms with E-state index in [-0.39, 0.29) is 12.0 Å². The number of carbonyl (C=O) groups excluding carboxylic acids is 1. The van der Waals surface area contributed by atoms with Crippen LogP contribution in [0.15, 0.2) is 36.4 Å².